The maximum absolute atomic E-state index is 12.4. The van der Waals surface area contributed by atoms with Gasteiger partial charge in [0.25, 0.3) is 5.69 Å². The second-order valence-electron chi connectivity index (χ2n) is 5.31. The van der Waals surface area contributed by atoms with Gasteiger partial charge < -0.3 is 15.4 Å². The first-order chi connectivity index (χ1) is 9.96. The molecule has 0 spiro atoms. The summed E-state index contributed by atoms with van der Waals surface area (Å²) in [6.45, 7) is 2.63. The van der Waals surface area contributed by atoms with E-state index >= 15 is 0 Å². The van der Waals surface area contributed by atoms with Gasteiger partial charge in [-0.15, -0.1) is 0 Å². The maximum Gasteiger partial charge on any atom is 0.271 e. The predicted molar refractivity (Wildman–Crippen MR) is 78.5 cm³/mol. The predicted octanol–water partition coefficient (Wildman–Crippen LogP) is 2.07. The summed E-state index contributed by atoms with van der Waals surface area (Å²) in [5, 5.41) is 16.8. The van der Waals surface area contributed by atoms with E-state index in [9.17, 15) is 14.9 Å². The largest absolute Gasteiger partial charge is 0.495 e. The number of carbonyl (C=O) groups is 1. The number of nitro benzene ring substituents is 1. The number of nitro groups is 1. The lowest BCUT2D eigenvalue weighted by Gasteiger charge is -2.33. The number of nitrogens with zero attached hydrogens (tertiary/aromatic N) is 1. The quantitative estimate of drug-likeness (QED) is 0.654. The lowest BCUT2D eigenvalue weighted by Crippen LogP contribution is -2.54. The summed E-state index contributed by atoms with van der Waals surface area (Å²) in [6.07, 6.45) is 2.75. The molecule has 114 valence electrons. The molecule has 0 aliphatic carbocycles. The minimum atomic E-state index is -0.659. The Balaban J connectivity index is 2.23. The van der Waals surface area contributed by atoms with Gasteiger partial charge in [-0.1, -0.05) is 0 Å². The number of hydrogen-bond acceptors (Lipinski definition) is 5. The van der Waals surface area contributed by atoms with Crippen molar-refractivity contribution in [3.05, 3.63) is 28.3 Å². The van der Waals surface area contributed by atoms with Crippen LogP contribution in [0.25, 0.3) is 0 Å². The van der Waals surface area contributed by atoms with Crippen molar-refractivity contribution in [1.82, 2.24) is 5.32 Å². The van der Waals surface area contributed by atoms with Crippen molar-refractivity contribution >= 4 is 17.3 Å². The zero-order valence-electron chi connectivity index (χ0n) is 12.1. The van der Waals surface area contributed by atoms with E-state index in [1.807, 2.05) is 6.92 Å². The van der Waals surface area contributed by atoms with Gasteiger partial charge in [0.05, 0.1) is 23.3 Å². The monoisotopic (exact) mass is 293 g/mol. The van der Waals surface area contributed by atoms with Gasteiger partial charge in [0.2, 0.25) is 5.91 Å². The number of ether oxygens (including phenoxy) is 1. The number of non-ortho nitro benzene ring substituents is 1. The Labute approximate surface area is 122 Å². The Morgan fingerprint density at radius 1 is 1.48 bits per heavy atom. The van der Waals surface area contributed by atoms with Crippen molar-refractivity contribution in [2.24, 2.45) is 0 Å². The fraction of sp³-hybridized carbons (Fsp3) is 0.500. The zero-order chi connectivity index (χ0) is 15.5. The summed E-state index contributed by atoms with van der Waals surface area (Å²) >= 11 is 0. The molecule has 7 heteroatoms. The summed E-state index contributed by atoms with van der Waals surface area (Å²) in [7, 11) is 1.46. The van der Waals surface area contributed by atoms with Crippen LogP contribution in [0.15, 0.2) is 18.2 Å². The molecule has 1 aromatic rings. The highest BCUT2D eigenvalue weighted by Gasteiger charge is 2.34. The molecule has 1 aliphatic rings. The molecule has 1 unspecified atom stereocenters. The Morgan fingerprint density at radius 2 is 2.24 bits per heavy atom. The van der Waals surface area contributed by atoms with E-state index in [4.69, 9.17) is 4.74 Å². The second kappa shape index (κ2) is 6.09. The van der Waals surface area contributed by atoms with Crippen molar-refractivity contribution in [2.45, 2.75) is 31.7 Å². The van der Waals surface area contributed by atoms with Crippen molar-refractivity contribution in [2.75, 3.05) is 19.0 Å². The van der Waals surface area contributed by atoms with Gasteiger partial charge in [-0.2, -0.15) is 0 Å². The van der Waals surface area contributed by atoms with Crippen LogP contribution in [-0.4, -0.2) is 30.0 Å². The number of nitrogens with one attached hydrogen (secondary N) is 2. The Bertz CT molecular complexity index is 553. The molecule has 1 fully saturated rings. The molecule has 1 amide bonds. The number of amides is 1. The Hall–Kier alpha value is -2.15. The number of methoxy groups -OCH3 is 1. The molecule has 7 nitrogen and oxygen atoms in total. The van der Waals surface area contributed by atoms with Crippen molar-refractivity contribution in [3.8, 4) is 5.75 Å². The maximum atomic E-state index is 12.4. The molecule has 21 heavy (non-hydrogen) atoms. The van der Waals surface area contributed by atoms with E-state index in [2.05, 4.69) is 10.6 Å². The van der Waals surface area contributed by atoms with Gasteiger partial charge in [0.15, 0.2) is 0 Å². The molecule has 0 aromatic heterocycles. The average molecular weight is 293 g/mol. The summed E-state index contributed by atoms with van der Waals surface area (Å²) in [5.74, 6) is 0.189. The van der Waals surface area contributed by atoms with E-state index in [0.717, 1.165) is 25.8 Å². The standard InChI is InChI=1S/C14H19N3O4/c1-14(7-3-4-8-15-14)13(18)16-11-9-10(17(19)20)5-6-12(11)21-2/h5-6,9,15H,3-4,7-8H2,1-2H3,(H,16,18). The number of hydrogen-bond donors (Lipinski definition) is 2. The minimum absolute atomic E-state index is 0.0899. The molecular weight excluding hydrogens is 274 g/mol. The van der Waals surface area contributed by atoms with Gasteiger partial charge in [-0.3, -0.25) is 14.9 Å². The van der Waals surface area contributed by atoms with Crippen molar-refractivity contribution in [3.63, 3.8) is 0 Å². The minimum Gasteiger partial charge on any atom is -0.495 e. The molecule has 0 radical (unpaired) electrons. The Kier molecular flexibility index (Phi) is 4.42. The van der Waals surface area contributed by atoms with E-state index in [-0.39, 0.29) is 11.6 Å². The highest BCUT2D eigenvalue weighted by Crippen LogP contribution is 2.30. The van der Waals surface area contributed by atoms with E-state index in [1.165, 1.54) is 25.3 Å². The lowest BCUT2D eigenvalue weighted by molar-refractivity contribution is -0.384. The van der Waals surface area contributed by atoms with Gasteiger partial charge in [-0.25, -0.2) is 0 Å². The topological polar surface area (TPSA) is 93.5 Å². The molecule has 1 atom stereocenters. The SMILES string of the molecule is COc1ccc([N+](=O)[O-])cc1NC(=O)C1(C)CCCCN1. The first-order valence-electron chi connectivity index (χ1n) is 6.85. The normalized spacial score (nSPS) is 21.6. The third-order valence-electron chi connectivity index (χ3n) is 3.76. The van der Waals surface area contributed by atoms with Gasteiger partial charge in [-0.05, 0) is 38.8 Å². The van der Waals surface area contributed by atoms with Crippen LogP contribution in [0.1, 0.15) is 26.2 Å². The summed E-state index contributed by atoms with van der Waals surface area (Å²) in [4.78, 5) is 22.8. The molecule has 0 bridgehead atoms. The highest BCUT2D eigenvalue weighted by atomic mass is 16.6. The fourth-order valence-electron chi connectivity index (χ4n) is 2.42. The molecule has 1 aromatic carbocycles. The third kappa shape index (κ3) is 3.30. The van der Waals surface area contributed by atoms with E-state index in [1.54, 1.807) is 0 Å². The van der Waals surface area contributed by atoms with Crippen LogP contribution in [0, 0.1) is 10.1 Å². The van der Waals surface area contributed by atoms with Crippen LogP contribution in [0.5, 0.6) is 5.75 Å². The number of carbonyl (C=O) groups excluding carboxylic acids is 1. The summed E-state index contributed by atoms with van der Waals surface area (Å²) < 4.78 is 5.14. The van der Waals surface area contributed by atoms with Crippen molar-refractivity contribution < 1.29 is 14.5 Å². The summed E-state index contributed by atoms with van der Waals surface area (Å²) in [6, 6.07) is 4.13. The summed E-state index contributed by atoms with van der Waals surface area (Å²) in [5.41, 5.74) is -0.438. The molecule has 2 rings (SSSR count). The van der Waals surface area contributed by atoms with Gasteiger partial charge >= 0.3 is 0 Å². The van der Waals surface area contributed by atoms with E-state index < -0.39 is 10.5 Å². The van der Waals surface area contributed by atoms with Crippen LogP contribution in [0.2, 0.25) is 0 Å². The highest BCUT2D eigenvalue weighted by molar-refractivity contribution is 5.99. The number of piperidine rings is 1. The number of anilines is 1. The van der Waals surface area contributed by atoms with Crippen LogP contribution in [0.3, 0.4) is 0 Å². The zero-order valence-corrected chi connectivity index (χ0v) is 12.1. The second-order valence-corrected chi connectivity index (χ2v) is 5.31. The average Bonchev–Trinajstić information content (AvgIpc) is 2.47. The van der Waals surface area contributed by atoms with Crippen LogP contribution >= 0.6 is 0 Å². The van der Waals surface area contributed by atoms with Crippen LogP contribution in [-0.2, 0) is 4.79 Å². The third-order valence-corrected chi connectivity index (χ3v) is 3.76. The van der Waals surface area contributed by atoms with Gasteiger partial charge in [0, 0.05) is 12.1 Å². The lowest BCUT2D eigenvalue weighted by atomic mass is 9.90. The molecule has 2 N–H and O–H groups in total. The van der Waals surface area contributed by atoms with Crippen LogP contribution in [0.4, 0.5) is 11.4 Å². The van der Waals surface area contributed by atoms with Gasteiger partial charge in [0.1, 0.15) is 5.75 Å². The molecule has 1 heterocycles. The first-order valence-corrected chi connectivity index (χ1v) is 6.85. The molecule has 1 aliphatic heterocycles. The first kappa shape index (κ1) is 15.2. The molecule has 0 saturated carbocycles. The molecule has 1 saturated heterocycles. The Morgan fingerprint density at radius 3 is 2.81 bits per heavy atom. The van der Waals surface area contributed by atoms with Crippen LogP contribution < -0.4 is 15.4 Å². The number of rotatable bonds is 4. The van der Waals surface area contributed by atoms with E-state index in [0.29, 0.717) is 11.4 Å². The number of benzene rings is 1. The van der Waals surface area contributed by atoms with Crippen molar-refractivity contribution in [1.29, 1.82) is 0 Å². The fourth-order valence-corrected chi connectivity index (χ4v) is 2.42. The smallest absolute Gasteiger partial charge is 0.271 e. The molecular formula is C14H19N3O4.